The summed E-state index contributed by atoms with van der Waals surface area (Å²) in [6, 6.07) is 14.9. The van der Waals surface area contributed by atoms with E-state index in [1.165, 1.54) is 24.3 Å². The van der Waals surface area contributed by atoms with Gasteiger partial charge in [0.25, 0.3) is 0 Å². The van der Waals surface area contributed by atoms with Gasteiger partial charge in [-0.2, -0.15) is 0 Å². The topological polar surface area (TPSA) is 51.1 Å². The Morgan fingerprint density at radius 1 is 1.17 bits per heavy atom. The standard InChI is InChI=1S/C19H17FN2O2/c1-13(14-5-3-2-4-6-14)21-19(24)12-22-10-9-18(23)16-11-15(20)7-8-17(16)22/h2-11,13H,12H2,1H3,(H,21,24)/t13-/m1/s1. The molecule has 0 aliphatic carbocycles. The van der Waals surface area contributed by atoms with E-state index in [2.05, 4.69) is 5.32 Å². The van der Waals surface area contributed by atoms with Gasteiger partial charge in [-0.1, -0.05) is 30.3 Å². The number of pyridine rings is 1. The van der Waals surface area contributed by atoms with E-state index in [0.717, 1.165) is 5.56 Å². The molecule has 0 aliphatic heterocycles. The first-order valence-electron chi connectivity index (χ1n) is 7.67. The summed E-state index contributed by atoms with van der Waals surface area (Å²) in [6.45, 7) is 1.96. The maximum atomic E-state index is 13.3. The van der Waals surface area contributed by atoms with Crippen molar-refractivity contribution in [2.75, 3.05) is 0 Å². The predicted octanol–water partition coefficient (Wildman–Crippen LogP) is 3.02. The molecule has 0 spiro atoms. The number of hydrogen-bond acceptors (Lipinski definition) is 2. The molecule has 1 N–H and O–H groups in total. The number of amides is 1. The first kappa shape index (κ1) is 15.9. The third-order valence-corrected chi connectivity index (χ3v) is 3.93. The molecule has 0 saturated carbocycles. The van der Waals surface area contributed by atoms with Gasteiger partial charge in [-0.05, 0) is 30.7 Å². The Bertz CT molecular complexity index is 935. The Morgan fingerprint density at radius 3 is 2.67 bits per heavy atom. The van der Waals surface area contributed by atoms with E-state index >= 15 is 0 Å². The van der Waals surface area contributed by atoms with Gasteiger partial charge in [-0.3, -0.25) is 9.59 Å². The van der Waals surface area contributed by atoms with Crippen LogP contribution in [-0.2, 0) is 11.3 Å². The largest absolute Gasteiger partial charge is 0.348 e. The van der Waals surface area contributed by atoms with Gasteiger partial charge in [-0.25, -0.2) is 4.39 Å². The zero-order valence-electron chi connectivity index (χ0n) is 13.2. The average molecular weight is 324 g/mol. The van der Waals surface area contributed by atoms with Crippen LogP contribution < -0.4 is 10.7 Å². The molecule has 1 aromatic heterocycles. The molecule has 0 bridgehead atoms. The van der Waals surface area contributed by atoms with E-state index in [9.17, 15) is 14.0 Å². The van der Waals surface area contributed by atoms with Gasteiger partial charge in [0.05, 0.1) is 11.6 Å². The van der Waals surface area contributed by atoms with Crippen LogP contribution in [0.3, 0.4) is 0 Å². The highest BCUT2D eigenvalue weighted by atomic mass is 19.1. The third kappa shape index (κ3) is 3.35. The number of halogens is 1. The molecule has 3 rings (SSSR count). The molecule has 2 aromatic carbocycles. The minimum atomic E-state index is -0.473. The number of carbonyl (C=O) groups excluding carboxylic acids is 1. The highest BCUT2D eigenvalue weighted by Crippen LogP contribution is 2.13. The van der Waals surface area contributed by atoms with Crippen LogP contribution in [0.2, 0.25) is 0 Å². The van der Waals surface area contributed by atoms with Gasteiger partial charge in [0.1, 0.15) is 12.4 Å². The first-order valence-corrected chi connectivity index (χ1v) is 7.67. The summed E-state index contributed by atoms with van der Waals surface area (Å²) in [6.07, 6.45) is 1.55. The normalized spacial score (nSPS) is 12.1. The molecule has 0 aliphatic rings. The maximum Gasteiger partial charge on any atom is 0.240 e. The van der Waals surface area contributed by atoms with Gasteiger partial charge in [0.15, 0.2) is 5.43 Å². The van der Waals surface area contributed by atoms with Crippen LogP contribution in [0.5, 0.6) is 0 Å². The lowest BCUT2D eigenvalue weighted by molar-refractivity contribution is -0.122. The van der Waals surface area contributed by atoms with Gasteiger partial charge in [0.2, 0.25) is 5.91 Å². The molecular formula is C19H17FN2O2. The Kier molecular flexibility index (Phi) is 4.42. The number of hydrogen-bond donors (Lipinski definition) is 1. The molecule has 5 heteroatoms. The summed E-state index contributed by atoms with van der Waals surface area (Å²) in [5, 5.41) is 3.19. The van der Waals surface area contributed by atoms with Crippen molar-refractivity contribution in [3.8, 4) is 0 Å². The number of nitrogens with zero attached hydrogens (tertiary/aromatic N) is 1. The van der Waals surface area contributed by atoms with E-state index < -0.39 is 5.82 Å². The van der Waals surface area contributed by atoms with Crippen molar-refractivity contribution >= 4 is 16.8 Å². The van der Waals surface area contributed by atoms with Gasteiger partial charge < -0.3 is 9.88 Å². The van der Waals surface area contributed by atoms with Crippen molar-refractivity contribution in [2.45, 2.75) is 19.5 Å². The van der Waals surface area contributed by atoms with Crippen LogP contribution in [0.4, 0.5) is 4.39 Å². The van der Waals surface area contributed by atoms with Gasteiger partial charge in [-0.15, -0.1) is 0 Å². The van der Waals surface area contributed by atoms with E-state index in [1.54, 1.807) is 10.8 Å². The zero-order valence-corrected chi connectivity index (χ0v) is 13.2. The second-order valence-corrected chi connectivity index (χ2v) is 5.67. The smallest absolute Gasteiger partial charge is 0.240 e. The minimum absolute atomic E-state index is 0.0551. The number of rotatable bonds is 4. The molecule has 3 aromatic rings. The molecule has 1 amide bonds. The molecule has 0 saturated heterocycles. The van der Waals surface area contributed by atoms with Gasteiger partial charge >= 0.3 is 0 Å². The molecular weight excluding hydrogens is 307 g/mol. The van der Waals surface area contributed by atoms with Crippen molar-refractivity contribution in [2.24, 2.45) is 0 Å². The van der Waals surface area contributed by atoms with Crippen molar-refractivity contribution in [1.29, 1.82) is 0 Å². The third-order valence-electron chi connectivity index (χ3n) is 3.93. The summed E-state index contributed by atoms with van der Waals surface area (Å²) < 4.78 is 15.0. The summed E-state index contributed by atoms with van der Waals surface area (Å²) in [4.78, 5) is 24.2. The summed E-state index contributed by atoms with van der Waals surface area (Å²) in [5.41, 5.74) is 1.28. The fourth-order valence-electron chi connectivity index (χ4n) is 2.69. The molecule has 1 atom stereocenters. The monoisotopic (exact) mass is 324 g/mol. The fraction of sp³-hybridized carbons (Fsp3) is 0.158. The number of benzene rings is 2. The molecule has 0 fully saturated rings. The van der Waals surface area contributed by atoms with E-state index in [-0.39, 0.29) is 29.3 Å². The van der Waals surface area contributed by atoms with Crippen LogP contribution in [0.15, 0.2) is 65.6 Å². The lowest BCUT2D eigenvalue weighted by atomic mass is 10.1. The van der Waals surface area contributed by atoms with E-state index in [4.69, 9.17) is 0 Å². The number of nitrogens with one attached hydrogen (secondary N) is 1. The predicted molar refractivity (Wildman–Crippen MR) is 91.2 cm³/mol. The Labute approximate surface area is 138 Å². The summed E-state index contributed by atoms with van der Waals surface area (Å²) in [7, 11) is 0. The number of aromatic nitrogens is 1. The second-order valence-electron chi connectivity index (χ2n) is 5.67. The van der Waals surface area contributed by atoms with Crippen LogP contribution in [-0.4, -0.2) is 10.5 Å². The maximum absolute atomic E-state index is 13.3. The van der Waals surface area contributed by atoms with Crippen molar-refractivity contribution in [1.82, 2.24) is 9.88 Å². The SMILES string of the molecule is C[C@@H](NC(=O)Cn1ccc(=O)c2cc(F)ccc21)c1ccccc1. The van der Waals surface area contributed by atoms with Crippen LogP contribution in [0.1, 0.15) is 18.5 Å². The zero-order chi connectivity index (χ0) is 17.1. The summed E-state index contributed by atoms with van der Waals surface area (Å²) >= 11 is 0. The van der Waals surface area contributed by atoms with Crippen LogP contribution in [0, 0.1) is 5.82 Å². The van der Waals surface area contributed by atoms with E-state index in [0.29, 0.717) is 5.52 Å². The molecule has 0 unspecified atom stereocenters. The number of fused-ring (bicyclic) bond motifs is 1. The minimum Gasteiger partial charge on any atom is -0.348 e. The Morgan fingerprint density at radius 2 is 1.92 bits per heavy atom. The fourth-order valence-corrected chi connectivity index (χ4v) is 2.69. The Balaban J connectivity index is 1.81. The molecule has 0 radical (unpaired) electrons. The highest BCUT2D eigenvalue weighted by molar-refractivity contribution is 5.82. The first-order chi connectivity index (χ1) is 11.5. The average Bonchev–Trinajstić information content (AvgIpc) is 2.58. The lowest BCUT2D eigenvalue weighted by Gasteiger charge is -2.16. The lowest BCUT2D eigenvalue weighted by Crippen LogP contribution is -2.30. The second kappa shape index (κ2) is 6.66. The number of carbonyl (C=O) groups is 1. The van der Waals surface area contributed by atoms with Crippen molar-refractivity contribution in [3.05, 3.63) is 82.4 Å². The quantitative estimate of drug-likeness (QED) is 0.802. The summed E-state index contributed by atoms with van der Waals surface area (Å²) in [5.74, 6) is -0.653. The molecule has 1 heterocycles. The van der Waals surface area contributed by atoms with Gasteiger partial charge in [0, 0.05) is 17.6 Å². The van der Waals surface area contributed by atoms with Crippen LogP contribution in [0.25, 0.3) is 10.9 Å². The molecule has 122 valence electrons. The van der Waals surface area contributed by atoms with E-state index in [1.807, 2.05) is 37.3 Å². The van der Waals surface area contributed by atoms with Crippen molar-refractivity contribution in [3.63, 3.8) is 0 Å². The van der Waals surface area contributed by atoms with Crippen molar-refractivity contribution < 1.29 is 9.18 Å². The Hall–Kier alpha value is -2.95. The highest BCUT2D eigenvalue weighted by Gasteiger charge is 2.11. The molecule has 24 heavy (non-hydrogen) atoms. The molecule has 4 nitrogen and oxygen atoms in total. The van der Waals surface area contributed by atoms with Crippen LogP contribution >= 0.6 is 0 Å².